The highest BCUT2D eigenvalue weighted by Gasteiger charge is 2.42. The second-order valence-electron chi connectivity index (χ2n) is 32.4. The topological polar surface area (TPSA) is 415 Å². The van der Waals surface area contributed by atoms with Gasteiger partial charge in [-0.3, -0.25) is 47.8 Å². The number of rotatable bonds is 16. The molecule has 6 bridgehead atoms. The highest BCUT2D eigenvalue weighted by Crippen LogP contribution is 2.25. The van der Waals surface area contributed by atoms with Crippen molar-refractivity contribution in [3.63, 3.8) is 0 Å². The molecule has 8 heterocycles. The molecular formula is C90H125N16O16+. The number of allylic oxidation sites excluding steroid dienone is 1. The van der Waals surface area contributed by atoms with E-state index in [-0.39, 0.29) is 88.7 Å². The van der Waals surface area contributed by atoms with Crippen LogP contribution in [0.25, 0.3) is 0 Å². The van der Waals surface area contributed by atoms with Crippen LogP contribution in [0.2, 0.25) is 0 Å². The van der Waals surface area contributed by atoms with Gasteiger partial charge >= 0.3 is 11.9 Å². The lowest BCUT2D eigenvalue weighted by molar-refractivity contribution is -0.607. The normalized spacial score (nSPS) is 23.2. The molecule has 122 heavy (non-hydrogen) atoms. The molecule has 0 spiro atoms. The highest BCUT2D eigenvalue weighted by molar-refractivity contribution is 5.97. The Labute approximate surface area is 714 Å². The number of nitrogens with one attached hydrogen (secondary N) is 10. The van der Waals surface area contributed by atoms with E-state index in [9.17, 15) is 67.7 Å². The zero-order valence-corrected chi connectivity index (χ0v) is 71.5. The molecule has 32 nitrogen and oxygen atoms in total. The fourth-order valence-corrected chi connectivity index (χ4v) is 15.2. The van der Waals surface area contributed by atoms with Crippen LogP contribution in [0.5, 0.6) is 11.5 Å². The summed E-state index contributed by atoms with van der Waals surface area (Å²) in [5.41, 5.74) is 5.50. The standard InChI is InChI=1S/C90H124N16O16/c1-8-70-67-36-42-80(109)94-44-18-16-28-72(96-81(110)62(4)91-6)87(116)105-48-20-30-78(105)85(114)98-74(52-64-25-13-10-14-26-64)83(112)100-76(89(119)120)54-66-34-39-69(40-35-66)122-50-22-46-103(106-56-61(106)3)55-60(2)31-41-79(108)93-43-17-15-27-71(95-58-90(5,59-107)92-7)86(115)104-47-19-29-77(104)84(113)97-73(51-63-23-11-9-12-24-63)82(111)99-75(88(117)118)53-65-32-37-68(38-33-65)121-49-21-45-102(57-67)101-70/h9-14,23-26,32-35,37-40,55,57,59,62,71-78,91-92,95H,8,15-22,27-31,36,41-54,56,58H2,1-7H3,(H8-,93,94,96,97,98,99,100,108,109,110,111,112,113,114,117,118,119,120)/p+1. The molecule has 0 aliphatic carbocycles. The minimum Gasteiger partial charge on any atom is -0.494 e. The molecular weight excluding hydrogens is 1560 g/mol. The molecule has 1 aromatic heterocycles. The number of carbonyl (C=O) groups is 12. The van der Waals surface area contributed by atoms with Gasteiger partial charge in [0, 0.05) is 104 Å². The molecule has 660 valence electrons. The van der Waals surface area contributed by atoms with Gasteiger partial charge < -0.3 is 87.4 Å². The molecule has 2 saturated heterocycles. The fraction of sp³-hybridized carbons (Fsp3) is 0.533. The second-order valence-corrected chi connectivity index (χ2v) is 32.4. The molecule has 4 aromatic carbocycles. The van der Waals surface area contributed by atoms with Gasteiger partial charge in [0.05, 0.1) is 49.3 Å². The van der Waals surface area contributed by atoms with Crippen molar-refractivity contribution in [3.8, 4) is 11.5 Å². The van der Waals surface area contributed by atoms with Gasteiger partial charge in [0.15, 0.2) is 0 Å². The first-order valence-electron chi connectivity index (χ1n) is 43.0. The summed E-state index contributed by atoms with van der Waals surface area (Å²) in [4.78, 5) is 169. The molecule has 9 amide bonds. The summed E-state index contributed by atoms with van der Waals surface area (Å²) in [5, 5.41) is 57.2. The van der Waals surface area contributed by atoms with Gasteiger partial charge in [-0.25, -0.2) is 9.59 Å². The summed E-state index contributed by atoms with van der Waals surface area (Å²) >= 11 is 0. The molecule has 5 aromatic rings. The monoisotopic (exact) mass is 1690 g/mol. The maximum absolute atomic E-state index is 14.8. The van der Waals surface area contributed by atoms with Crippen LogP contribution in [0.3, 0.4) is 0 Å². The average Bonchev–Trinajstić information content (AvgIpc) is 1.77. The number of carbonyl (C=O) groups excluding carboxylic acids is 10. The maximum atomic E-state index is 14.8. The summed E-state index contributed by atoms with van der Waals surface area (Å²) in [5.74, 6) is -5.73. The van der Waals surface area contributed by atoms with E-state index in [0.717, 1.165) is 29.7 Å². The third kappa shape index (κ3) is 29.5. The molecule has 12 rings (SSSR count). The number of likely N-dealkylation sites (N-methyl/N-ethyl adjacent to an activating group) is 2. The average molecular weight is 1690 g/mol. The van der Waals surface area contributed by atoms with Gasteiger partial charge in [-0.1, -0.05) is 102 Å². The number of hydrogen-bond acceptors (Lipinski definition) is 19. The van der Waals surface area contributed by atoms with Gasteiger partial charge in [0.25, 0.3) is 6.54 Å². The first-order valence-corrected chi connectivity index (χ1v) is 43.0. The van der Waals surface area contributed by atoms with E-state index < -0.39 is 107 Å². The number of hydrogen-bond donors (Lipinski definition) is 12. The van der Waals surface area contributed by atoms with E-state index in [1.807, 2.05) is 50.0 Å². The van der Waals surface area contributed by atoms with Crippen LogP contribution >= 0.6 is 0 Å². The number of ether oxygens (including phenoxy) is 2. The van der Waals surface area contributed by atoms with Crippen LogP contribution in [-0.4, -0.2) is 250 Å². The Morgan fingerprint density at radius 1 is 0.598 bits per heavy atom. The number of hydrazine groups is 1. The highest BCUT2D eigenvalue weighted by atomic mass is 16.5. The zero-order valence-electron chi connectivity index (χ0n) is 71.5. The summed E-state index contributed by atoms with van der Waals surface area (Å²) in [7, 11) is 3.27. The summed E-state index contributed by atoms with van der Waals surface area (Å²) < 4.78 is 16.2. The van der Waals surface area contributed by atoms with Crippen molar-refractivity contribution < 1.29 is 81.9 Å². The quantitative estimate of drug-likeness (QED) is 0.0487. The van der Waals surface area contributed by atoms with E-state index >= 15 is 0 Å². The molecule has 0 saturated carbocycles. The van der Waals surface area contributed by atoms with Crippen molar-refractivity contribution in [3.05, 3.63) is 161 Å². The van der Waals surface area contributed by atoms with E-state index in [2.05, 4.69) is 62.9 Å². The summed E-state index contributed by atoms with van der Waals surface area (Å²) in [6.07, 6.45) is 11.7. The number of benzene rings is 4. The Balaban J connectivity index is 0.873. The minimum atomic E-state index is -1.40. The molecule has 10 unspecified atom stereocenters. The lowest BCUT2D eigenvalue weighted by Crippen LogP contribution is -2.59. The Hall–Kier alpha value is -11.4. The molecule has 12 N–H and O–H groups in total. The van der Waals surface area contributed by atoms with Crippen LogP contribution in [0.15, 0.2) is 127 Å². The van der Waals surface area contributed by atoms with Crippen molar-refractivity contribution in [2.45, 2.75) is 236 Å². The Bertz CT molecular complexity index is 4410. The van der Waals surface area contributed by atoms with E-state index in [4.69, 9.17) is 14.6 Å². The van der Waals surface area contributed by atoms with Crippen molar-refractivity contribution in [1.82, 2.24) is 77.8 Å². The third-order valence-corrected chi connectivity index (χ3v) is 22.9. The predicted molar refractivity (Wildman–Crippen MR) is 458 cm³/mol. The fourth-order valence-electron chi connectivity index (χ4n) is 15.2. The SMILES string of the molecule is CCc1nn2cc1CCC(=O)NCCCCC(NC(=O)C(C)NC)C(=O)N1CCCC1C(=O)NC(Cc1ccccc1)C(=O)NC(C(=O)O)Cc1ccc(cc1)OCCCN([N+]1=C(C)C1)C=C(C)CCC(=O)NCCCCC(NCC(C)(C=O)NC)C(=O)N1CCCC1C(=O)NC(Cc1ccccc1)C(=O)NC(C(=O)O)Cc1ccc(cc1)OCCC2. The first kappa shape index (κ1) is 94.5. The number of aromatic nitrogens is 2. The molecule has 10 atom stereocenters. The van der Waals surface area contributed by atoms with E-state index in [1.165, 1.54) is 15.5 Å². The molecule has 32 heteroatoms. The van der Waals surface area contributed by atoms with Crippen molar-refractivity contribution in [2.24, 2.45) is 0 Å². The van der Waals surface area contributed by atoms with Crippen molar-refractivity contribution >= 4 is 77.1 Å². The van der Waals surface area contributed by atoms with Crippen LogP contribution in [0.1, 0.15) is 164 Å². The first-order chi connectivity index (χ1) is 58.7. The number of amides is 9. The van der Waals surface area contributed by atoms with Crippen molar-refractivity contribution in [2.75, 3.05) is 73.1 Å². The van der Waals surface area contributed by atoms with E-state index in [0.29, 0.717) is 157 Å². The van der Waals surface area contributed by atoms with Gasteiger partial charge in [-0.15, -0.1) is 0 Å². The van der Waals surface area contributed by atoms with Gasteiger partial charge in [0.2, 0.25) is 58.9 Å². The molecule has 0 radical (unpaired) electrons. The smallest absolute Gasteiger partial charge is 0.326 e. The second kappa shape index (κ2) is 47.7. The number of nitrogens with zero attached hydrogens (tertiary/aromatic N) is 6. The van der Waals surface area contributed by atoms with Crippen LogP contribution < -0.4 is 62.6 Å². The Kier molecular flexibility index (Phi) is 37.0. The summed E-state index contributed by atoms with van der Waals surface area (Å²) in [6.45, 7) is 13.1. The molecule has 2 fully saturated rings. The third-order valence-electron chi connectivity index (χ3n) is 22.9. The molecule has 7 aliphatic rings. The Morgan fingerprint density at radius 2 is 1.08 bits per heavy atom. The number of hydrazone groups is 1. The maximum Gasteiger partial charge on any atom is 0.326 e. The molecule has 7 aliphatic heterocycles. The number of aryl methyl sites for hydroxylation is 3. The number of aliphatic carboxylic acids is 2. The van der Waals surface area contributed by atoms with Crippen LogP contribution in [-0.2, 0) is 103 Å². The summed E-state index contributed by atoms with van der Waals surface area (Å²) in [6, 6.07) is 22.0. The van der Waals surface area contributed by atoms with Crippen LogP contribution in [0, 0.1) is 0 Å². The van der Waals surface area contributed by atoms with Crippen LogP contribution in [0.4, 0.5) is 0 Å². The number of aldehydes is 1. The van der Waals surface area contributed by atoms with Gasteiger partial charge in [-0.05, 0) is 170 Å². The van der Waals surface area contributed by atoms with Gasteiger partial charge in [-0.2, -0.15) is 10.1 Å². The zero-order chi connectivity index (χ0) is 87.7. The minimum absolute atomic E-state index is 0.00661. The van der Waals surface area contributed by atoms with Crippen molar-refractivity contribution in [1.29, 1.82) is 0 Å². The number of carboxylic acid groups (broad SMARTS) is 2. The number of carboxylic acids is 2. The Morgan fingerprint density at radius 3 is 1.55 bits per heavy atom. The lowest BCUT2D eigenvalue weighted by Gasteiger charge is -2.32. The van der Waals surface area contributed by atoms with Gasteiger partial charge in [0.1, 0.15) is 60.1 Å². The predicted octanol–water partition coefficient (Wildman–Crippen LogP) is 4.18. The largest absolute Gasteiger partial charge is 0.494 e. The van der Waals surface area contributed by atoms with E-state index in [1.54, 1.807) is 125 Å². The lowest BCUT2D eigenvalue weighted by atomic mass is 10.0.